The molecule has 0 aliphatic carbocycles. The third kappa shape index (κ3) is 3.66. The topological polar surface area (TPSA) is 44.4 Å². The number of hydrogen-bond acceptors (Lipinski definition) is 3. The second-order valence-electron chi connectivity index (χ2n) is 4.20. The quantitative estimate of drug-likeness (QED) is 0.872. The minimum atomic E-state index is -0.489. The summed E-state index contributed by atoms with van der Waals surface area (Å²) in [4.78, 5) is 13.8. The molecule has 0 atom stereocenters. The fourth-order valence-electron chi connectivity index (χ4n) is 1.85. The molecule has 0 aromatic heterocycles. The molecule has 1 aliphatic heterocycles. The van der Waals surface area contributed by atoms with E-state index in [0.717, 1.165) is 26.2 Å². The molecule has 1 aromatic carbocycles. The van der Waals surface area contributed by atoms with Crippen molar-refractivity contribution in [2.45, 2.75) is 0 Å². The van der Waals surface area contributed by atoms with E-state index in [2.05, 4.69) is 15.5 Å². The smallest absolute Gasteiger partial charge is 0.238 e. The van der Waals surface area contributed by atoms with Crippen LogP contribution in [0, 0.1) is 5.82 Å². The zero-order valence-corrected chi connectivity index (χ0v) is 10.6. The van der Waals surface area contributed by atoms with Gasteiger partial charge >= 0.3 is 0 Å². The van der Waals surface area contributed by atoms with Gasteiger partial charge in [0.1, 0.15) is 5.82 Å². The number of amides is 1. The monoisotopic (exact) mass is 271 g/mol. The first-order chi connectivity index (χ1) is 8.65. The summed E-state index contributed by atoms with van der Waals surface area (Å²) in [5, 5.41) is 5.93. The molecule has 1 saturated heterocycles. The number of rotatable bonds is 3. The van der Waals surface area contributed by atoms with Gasteiger partial charge in [0.05, 0.1) is 11.6 Å². The number of carbonyl (C=O) groups excluding carboxylic acids is 1. The van der Waals surface area contributed by atoms with Crippen LogP contribution in [0.15, 0.2) is 18.2 Å². The molecule has 18 heavy (non-hydrogen) atoms. The van der Waals surface area contributed by atoms with Crippen LogP contribution in [0.4, 0.5) is 10.1 Å². The van der Waals surface area contributed by atoms with Gasteiger partial charge in [-0.3, -0.25) is 9.69 Å². The third-order valence-electron chi connectivity index (χ3n) is 2.78. The summed E-state index contributed by atoms with van der Waals surface area (Å²) in [6.45, 7) is 3.86. The number of benzene rings is 1. The number of halogens is 2. The van der Waals surface area contributed by atoms with Crippen LogP contribution >= 0.6 is 11.6 Å². The van der Waals surface area contributed by atoms with Crippen LogP contribution in [0.1, 0.15) is 0 Å². The highest BCUT2D eigenvalue weighted by Crippen LogP contribution is 2.19. The first-order valence-electron chi connectivity index (χ1n) is 5.83. The maximum absolute atomic E-state index is 12.9. The highest BCUT2D eigenvalue weighted by Gasteiger charge is 2.13. The normalized spacial score (nSPS) is 16.6. The molecule has 0 spiro atoms. The highest BCUT2D eigenvalue weighted by molar-refractivity contribution is 6.31. The molecule has 1 aliphatic rings. The molecule has 98 valence electrons. The van der Waals surface area contributed by atoms with Crippen LogP contribution in [-0.4, -0.2) is 43.5 Å². The van der Waals surface area contributed by atoms with E-state index in [-0.39, 0.29) is 10.9 Å². The third-order valence-corrected chi connectivity index (χ3v) is 3.07. The second kappa shape index (κ2) is 6.13. The van der Waals surface area contributed by atoms with Crippen molar-refractivity contribution in [3.63, 3.8) is 0 Å². The largest absolute Gasteiger partial charge is 0.325 e. The fourth-order valence-corrected chi connectivity index (χ4v) is 2.03. The molecule has 1 amide bonds. The van der Waals surface area contributed by atoms with Crippen molar-refractivity contribution in [2.75, 3.05) is 38.0 Å². The van der Waals surface area contributed by atoms with Crippen LogP contribution < -0.4 is 10.6 Å². The minimum Gasteiger partial charge on any atom is -0.325 e. The molecule has 2 N–H and O–H groups in total. The van der Waals surface area contributed by atoms with Gasteiger partial charge in [-0.05, 0) is 18.2 Å². The molecule has 1 fully saturated rings. The highest BCUT2D eigenvalue weighted by atomic mass is 35.5. The lowest BCUT2D eigenvalue weighted by atomic mass is 10.3. The van der Waals surface area contributed by atoms with Gasteiger partial charge in [-0.15, -0.1) is 0 Å². The summed E-state index contributed by atoms with van der Waals surface area (Å²) in [5.74, 6) is -0.601. The summed E-state index contributed by atoms with van der Waals surface area (Å²) < 4.78 is 12.9. The van der Waals surface area contributed by atoms with Crippen LogP contribution in [-0.2, 0) is 4.79 Å². The van der Waals surface area contributed by atoms with Crippen LogP contribution in [0.25, 0.3) is 0 Å². The molecule has 0 unspecified atom stereocenters. The van der Waals surface area contributed by atoms with Crippen LogP contribution in [0.5, 0.6) is 0 Å². The molecule has 1 heterocycles. The van der Waals surface area contributed by atoms with Gasteiger partial charge < -0.3 is 10.6 Å². The van der Waals surface area contributed by atoms with E-state index in [1.807, 2.05) is 0 Å². The van der Waals surface area contributed by atoms with Crippen molar-refractivity contribution < 1.29 is 9.18 Å². The molecule has 0 saturated carbocycles. The minimum absolute atomic E-state index is 0.00923. The molecule has 0 radical (unpaired) electrons. The van der Waals surface area contributed by atoms with E-state index < -0.39 is 5.82 Å². The molecule has 6 heteroatoms. The zero-order valence-electron chi connectivity index (χ0n) is 9.88. The fraction of sp³-hybridized carbons (Fsp3) is 0.417. The Morgan fingerprint density at radius 2 is 2.17 bits per heavy atom. The maximum atomic E-state index is 12.9. The number of piperazine rings is 1. The van der Waals surface area contributed by atoms with Gasteiger partial charge in [0.2, 0.25) is 5.91 Å². The zero-order chi connectivity index (χ0) is 13.0. The SMILES string of the molecule is O=C(CN1CCNCC1)Nc1ccc(F)c(Cl)c1. The molecular formula is C12H15ClFN3O. The van der Waals surface area contributed by atoms with Crippen LogP contribution in [0.2, 0.25) is 5.02 Å². The van der Waals surface area contributed by atoms with E-state index in [0.29, 0.717) is 12.2 Å². The lowest BCUT2D eigenvalue weighted by Gasteiger charge is -2.26. The van der Waals surface area contributed by atoms with Gasteiger partial charge in [-0.1, -0.05) is 11.6 Å². The summed E-state index contributed by atoms with van der Waals surface area (Å²) >= 11 is 5.64. The Morgan fingerprint density at radius 3 is 2.83 bits per heavy atom. The standard InChI is InChI=1S/C12H15ClFN3O/c13-10-7-9(1-2-11(10)14)16-12(18)8-17-5-3-15-4-6-17/h1-2,7,15H,3-6,8H2,(H,16,18). The predicted molar refractivity (Wildman–Crippen MR) is 69.3 cm³/mol. The lowest BCUT2D eigenvalue weighted by molar-refractivity contribution is -0.117. The summed E-state index contributed by atoms with van der Waals surface area (Å²) in [7, 11) is 0. The average Bonchev–Trinajstić information content (AvgIpc) is 2.35. The average molecular weight is 272 g/mol. The number of carbonyl (C=O) groups is 1. The van der Waals surface area contributed by atoms with E-state index in [4.69, 9.17) is 11.6 Å². The van der Waals surface area contributed by atoms with E-state index in [9.17, 15) is 9.18 Å². The van der Waals surface area contributed by atoms with Gasteiger partial charge in [0.25, 0.3) is 0 Å². The second-order valence-corrected chi connectivity index (χ2v) is 4.61. The van der Waals surface area contributed by atoms with E-state index in [1.54, 1.807) is 0 Å². The van der Waals surface area contributed by atoms with Crippen molar-refractivity contribution in [1.29, 1.82) is 0 Å². The molecule has 1 aromatic rings. The Labute approximate surface area is 110 Å². The summed E-state index contributed by atoms with van der Waals surface area (Å²) in [5.41, 5.74) is 0.515. The van der Waals surface area contributed by atoms with Crippen molar-refractivity contribution in [3.05, 3.63) is 29.0 Å². The molecular weight excluding hydrogens is 257 g/mol. The van der Waals surface area contributed by atoms with Gasteiger partial charge in [-0.25, -0.2) is 4.39 Å². The van der Waals surface area contributed by atoms with E-state index >= 15 is 0 Å². The van der Waals surface area contributed by atoms with Crippen molar-refractivity contribution >= 4 is 23.2 Å². The van der Waals surface area contributed by atoms with E-state index in [1.165, 1.54) is 18.2 Å². The molecule has 2 rings (SSSR count). The van der Waals surface area contributed by atoms with Crippen molar-refractivity contribution in [3.8, 4) is 0 Å². The summed E-state index contributed by atoms with van der Waals surface area (Å²) in [6.07, 6.45) is 0. The predicted octanol–water partition coefficient (Wildman–Crippen LogP) is 1.32. The maximum Gasteiger partial charge on any atom is 0.238 e. The molecule has 0 bridgehead atoms. The summed E-state index contributed by atoms with van der Waals surface area (Å²) in [6, 6.07) is 4.15. The number of nitrogens with zero attached hydrogens (tertiary/aromatic N) is 1. The van der Waals surface area contributed by atoms with Gasteiger partial charge in [0, 0.05) is 31.9 Å². The Hall–Kier alpha value is -1.17. The Morgan fingerprint density at radius 1 is 1.44 bits per heavy atom. The van der Waals surface area contributed by atoms with Crippen LogP contribution in [0.3, 0.4) is 0 Å². The number of hydrogen-bond donors (Lipinski definition) is 2. The Balaban J connectivity index is 1.88. The van der Waals surface area contributed by atoms with Crippen molar-refractivity contribution in [2.24, 2.45) is 0 Å². The Kier molecular flexibility index (Phi) is 4.52. The number of nitrogens with one attached hydrogen (secondary N) is 2. The first-order valence-corrected chi connectivity index (χ1v) is 6.21. The molecule has 4 nitrogen and oxygen atoms in total. The van der Waals surface area contributed by atoms with Gasteiger partial charge in [-0.2, -0.15) is 0 Å². The Bertz CT molecular complexity index is 435. The first kappa shape index (κ1) is 13.3. The number of anilines is 1. The van der Waals surface area contributed by atoms with Crippen molar-refractivity contribution in [1.82, 2.24) is 10.2 Å². The lowest BCUT2D eigenvalue weighted by Crippen LogP contribution is -2.46. The van der Waals surface area contributed by atoms with Gasteiger partial charge in [0.15, 0.2) is 0 Å².